The summed E-state index contributed by atoms with van der Waals surface area (Å²) in [6.45, 7) is 2.16. The van der Waals surface area contributed by atoms with Gasteiger partial charge in [0.05, 0.1) is 11.3 Å². The third-order valence-electron chi connectivity index (χ3n) is 3.60. The molecule has 0 spiro atoms. The van der Waals surface area contributed by atoms with Crippen molar-refractivity contribution in [2.45, 2.75) is 19.8 Å². The number of fused-ring (bicyclic) bond motifs is 1. The number of nitrogens with zero attached hydrogens (tertiary/aromatic N) is 1. The van der Waals surface area contributed by atoms with Crippen LogP contribution >= 0.6 is 11.6 Å². The standard InChI is InChI=1S/C18H17ClN2O/c1-2-3-12-4-7-14(8-5-12)20-11-16-15-10-13(19)6-9-17(15)21-18(16)22/h4-11,21-22H,2-3H2,1H3. The Morgan fingerprint density at radius 3 is 2.68 bits per heavy atom. The second-order valence-electron chi connectivity index (χ2n) is 5.25. The molecule has 2 N–H and O–H groups in total. The monoisotopic (exact) mass is 312 g/mol. The molecule has 112 valence electrons. The van der Waals surface area contributed by atoms with E-state index in [0.717, 1.165) is 29.4 Å². The van der Waals surface area contributed by atoms with E-state index in [9.17, 15) is 5.11 Å². The number of nitrogens with one attached hydrogen (secondary N) is 1. The minimum absolute atomic E-state index is 0.101. The molecule has 2 aromatic carbocycles. The van der Waals surface area contributed by atoms with Crippen molar-refractivity contribution in [1.29, 1.82) is 0 Å². The van der Waals surface area contributed by atoms with Crippen LogP contribution in [-0.2, 0) is 6.42 Å². The maximum Gasteiger partial charge on any atom is 0.198 e. The molecule has 3 aromatic rings. The fourth-order valence-electron chi connectivity index (χ4n) is 2.48. The number of hydrogen-bond acceptors (Lipinski definition) is 2. The predicted molar refractivity (Wildman–Crippen MR) is 92.7 cm³/mol. The van der Waals surface area contributed by atoms with Gasteiger partial charge in [0.15, 0.2) is 5.88 Å². The van der Waals surface area contributed by atoms with E-state index < -0.39 is 0 Å². The number of aromatic nitrogens is 1. The largest absolute Gasteiger partial charge is 0.494 e. The number of halogens is 1. The summed E-state index contributed by atoms with van der Waals surface area (Å²) in [4.78, 5) is 7.36. The first-order valence-corrected chi connectivity index (χ1v) is 7.68. The first-order chi connectivity index (χ1) is 10.7. The molecule has 0 aliphatic rings. The van der Waals surface area contributed by atoms with Crippen LogP contribution in [0.3, 0.4) is 0 Å². The van der Waals surface area contributed by atoms with Crippen LogP contribution in [0.2, 0.25) is 5.02 Å². The van der Waals surface area contributed by atoms with Gasteiger partial charge in [0.25, 0.3) is 0 Å². The first-order valence-electron chi connectivity index (χ1n) is 7.30. The van der Waals surface area contributed by atoms with E-state index >= 15 is 0 Å². The van der Waals surface area contributed by atoms with Crippen LogP contribution in [0.25, 0.3) is 10.9 Å². The highest BCUT2D eigenvalue weighted by Gasteiger charge is 2.09. The fraction of sp³-hybridized carbons (Fsp3) is 0.167. The molecule has 0 unspecified atom stereocenters. The van der Waals surface area contributed by atoms with Crippen molar-refractivity contribution >= 4 is 34.4 Å². The van der Waals surface area contributed by atoms with Gasteiger partial charge in [0.2, 0.25) is 0 Å². The second kappa shape index (κ2) is 6.24. The molecule has 0 aliphatic heterocycles. The lowest BCUT2D eigenvalue weighted by Gasteiger charge is -1.99. The number of aryl methyl sites for hydroxylation is 1. The first kappa shape index (κ1) is 14.7. The summed E-state index contributed by atoms with van der Waals surface area (Å²) >= 11 is 6.02. The minimum Gasteiger partial charge on any atom is -0.494 e. The Balaban J connectivity index is 1.91. The van der Waals surface area contributed by atoms with E-state index in [2.05, 4.69) is 29.0 Å². The third kappa shape index (κ3) is 3.00. The molecule has 4 heteroatoms. The molecule has 0 fully saturated rings. The Bertz CT molecular complexity index is 819. The lowest BCUT2D eigenvalue weighted by Crippen LogP contribution is -1.82. The Hall–Kier alpha value is -2.26. The zero-order valence-electron chi connectivity index (χ0n) is 12.3. The number of aliphatic imine (C=N–C) groups is 1. The number of rotatable bonds is 4. The van der Waals surface area contributed by atoms with Crippen LogP contribution in [-0.4, -0.2) is 16.3 Å². The highest BCUT2D eigenvalue weighted by Crippen LogP contribution is 2.28. The minimum atomic E-state index is 0.101. The van der Waals surface area contributed by atoms with Crippen LogP contribution in [0, 0.1) is 0 Å². The predicted octanol–water partition coefficient (Wildman–Crippen LogP) is 5.23. The van der Waals surface area contributed by atoms with E-state index in [1.165, 1.54) is 5.56 Å². The Labute approximate surface area is 134 Å². The van der Waals surface area contributed by atoms with Crippen molar-refractivity contribution in [1.82, 2.24) is 4.98 Å². The van der Waals surface area contributed by atoms with Crippen LogP contribution in [0.15, 0.2) is 47.5 Å². The third-order valence-corrected chi connectivity index (χ3v) is 3.83. The maximum atomic E-state index is 10.0. The van der Waals surface area contributed by atoms with E-state index in [1.807, 2.05) is 24.3 Å². The van der Waals surface area contributed by atoms with Gasteiger partial charge < -0.3 is 10.1 Å². The zero-order chi connectivity index (χ0) is 15.5. The fourth-order valence-corrected chi connectivity index (χ4v) is 2.65. The molecule has 1 heterocycles. The van der Waals surface area contributed by atoms with E-state index in [0.29, 0.717) is 10.6 Å². The summed E-state index contributed by atoms with van der Waals surface area (Å²) in [7, 11) is 0. The molecule has 1 aromatic heterocycles. The van der Waals surface area contributed by atoms with Crippen molar-refractivity contribution < 1.29 is 5.11 Å². The lowest BCUT2D eigenvalue weighted by atomic mass is 10.1. The Morgan fingerprint density at radius 1 is 1.18 bits per heavy atom. The van der Waals surface area contributed by atoms with Crippen LogP contribution in [0.5, 0.6) is 5.88 Å². The molecule has 0 radical (unpaired) electrons. The van der Waals surface area contributed by atoms with E-state index in [4.69, 9.17) is 11.6 Å². The summed E-state index contributed by atoms with van der Waals surface area (Å²) < 4.78 is 0. The van der Waals surface area contributed by atoms with E-state index in [-0.39, 0.29) is 5.88 Å². The number of aromatic amines is 1. The lowest BCUT2D eigenvalue weighted by molar-refractivity contribution is 0.457. The van der Waals surface area contributed by atoms with Gasteiger partial charge in [-0.05, 0) is 42.3 Å². The summed E-state index contributed by atoms with van der Waals surface area (Å²) in [6.07, 6.45) is 3.87. The summed E-state index contributed by atoms with van der Waals surface area (Å²) in [5.74, 6) is 0.101. The molecule has 0 aliphatic carbocycles. The van der Waals surface area contributed by atoms with Crippen LogP contribution in [0.4, 0.5) is 5.69 Å². The van der Waals surface area contributed by atoms with Gasteiger partial charge in [-0.3, -0.25) is 4.99 Å². The number of H-pyrrole nitrogens is 1. The average molecular weight is 313 g/mol. The number of hydrogen-bond donors (Lipinski definition) is 2. The summed E-state index contributed by atoms with van der Waals surface area (Å²) in [5.41, 5.74) is 3.65. The average Bonchev–Trinajstić information content (AvgIpc) is 2.82. The van der Waals surface area contributed by atoms with Gasteiger partial charge >= 0.3 is 0 Å². The van der Waals surface area contributed by atoms with Crippen molar-refractivity contribution in [2.24, 2.45) is 4.99 Å². The Morgan fingerprint density at radius 2 is 1.95 bits per heavy atom. The van der Waals surface area contributed by atoms with E-state index in [1.54, 1.807) is 12.3 Å². The molecule has 0 bridgehead atoms. The molecule has 0 amide bonds. The summed E-state index contributed by atoms with van der Waals surface area (Å²) in [6, 6.07) is 13.6. The van der Waals surface area contributed by atoms with Crippen molar-refractivity contribution in [3.8, 4) is 5.88 Å². The van der Waals surface area contributed by atoms with Gasteiger partial charge in [-0.1, -0.05) is 37.1 Å². The smallest absolute Gasteiger partial charge is 0.198 e. The molecule has 0 saturated heterocycles. The molecular weight excluding hydrogens is 296 g/mol. The normalized spacial score (nSPS) is 11.5. The quantitative estimate of drug-likeness (QED) is 0.637. The van der Waals surface area contributed by atoms with Gasteiger partial charge in [-0.2, -0.15) is 0 Å². The van der Waals surface area contributed by atoms with Crippen molar-refractivity contribution in [3.05, 3.63) is 58.6 Å². The molecule has 0 atom stereocenters. The van der Waals surface area contributed by atoms with Crippen LogP contribution < -0.4 is 0 Å². The van der Waals surface area contributed by atoms with Crippen molar-refractivity contribution in [2.75, 3.05) is 0 Å². The highest BCUT2D eigenvalue weighted by atomic mass is 35.5. The van der Waals surface area contributed by atoms with Gasteiger partial charge in [0, 0.05) is 22.1 Å². The van der Waals surface area contributed by atoms with Crippen LogP contribution in [0.1, 0.15) is 24.5 Å². The highest BCUT2D eigenvalue weighted by molar-refractivity contribution is 6.31. The van der Waals surface area contributed by atoms with Crippen molar-refractivity contribution in [3.63, 3.8) is 0 Å². The Kier molecular flexibility index (Phi) is 4.16. The maximum absolute atomic E-state index is 10.0. The molecular formula is C18H17ClN2O. The SMILES string of the molecule is CCCc1ccc(N=Cc2c(O)[nH]c3ccc(Cl)cc23)cc1. The molecule has 0 saturated carbocycles. The summed E-state index contributed by atoms with van der Waals surface area (Å²) in [5, 5.41) is 11.5. The van der Waals surface area contributed by atoms with Gasteiger partial charge in [0.1, 0.15) is 0 Å². The second-order valence-corrected chi connectivity index (χ2v) is 5.69. The number of benzene rings is 2. The topological polar surface area (TPSA) is 48.4 Å². The molecule has 22 heavy (non-hydrogen) atoms. The molecule has 3 rings (SSSR count). The van der Waals surface area contributed by atoms with Gasteiger partial charge in [-0.25, -0.2) is 0 Å². The molecule has 3 nitrogen and oxygen atoms in total. The number of aromatic hydroxyl groups is 1. The zero-order valence-corrected chi connectivity index (χ0v) is 13.1. The van der Waals surface area contributed by atoms with Gasteiger partial charge in [-0.15, -0.1) is 0 Å².